The minimum absolute atomic E-state index is 0.244. The first kappa shape index (κ1) is 12.6. The molecule has 0 spiro atoms. The van der Waals surface area contributed by atoms with Crippen LogP contribution in [0.15, 0.2) is 24.3 Å². The highest BCUT2D eigenvalue weighted by atomic mass is 19.1. The predicted molar refractivity (Wildman–Crippen MR) is 71.7 cm³/mol. The minimum atomic E-state index is -0.244. The summed E-state index contributed by atoms with van der Waals surface area (Å²) in [6.07, 6.45) is 0.991. The van der Waals surface area contributed by atoms with E-state index in [2.05, 4.69) is 18.9 Å². The van der Waals surface area contributed by atoms with E-state index in [1.807, 2.05) is 7.05 Å². The molecule has 1 aromatic heterocycles. The van der Waals surface area contributed by atoms with E-state index in [9.17, 15) is 4.39 Å². The molecule has 0 fully saturated rings. The van der Waals surface area contributed by atoms with Gasteiger partial charge in [-0.3, -0.25) is 4.68 Å². The van der Waals surface area contributed by atoms with Gasteiger partial charge in [0.1, 0.15) is 11.6 Å². The number of aromatic nitrogens is 2. The molecule has 2 rings (SSSR count). The molecular formula is C14H18FN3. The van der Waals surface area contributed by atoms with Gasteiger partial charge < -0.3 is 5.73 Å². The molecule has 3 nitrogen and oxygen atoms in total. The van der Waals surface area contributed by atoms with Crippen LogP contribution in [0.5, 0.6) is 0 Å². The zero-order chi connectivity index (χ0) is 13.3. The van der Waals surface area contributed by atoms with Crippen molar-refractivity contribution in [3.63, 3.8) is 0 Å². The van der Waals surface area contributed by atoms with Crippen LogP contribution in [0.3, 0.4) is 0 Å². The smallest absolute Gasteiger partial charge is 0.129 e. The lowest BCUT2D eigenvalue weighted by Gasteiger charge is -2.09. The average Bonchev–Trinajstić information content (AvgIpc) is 2.66. The van der Waals surface area contributed by atoms with Gasteiger partial charge in [-0.2, -0.15) is 5.10 Å². The number of nitrogens with zero attached hydrogens (tertiary/aromatic N) is 2. The SMILES string of the molecule is CCC(C)c1nn(C)c(N)c1-c1ccc(F)cc1. The number of nitrogens with two attached hydrogens (primary N) is 1. The molecule has 0 aliphatic carbocycles. The van der Waals surface area contributed by atoms with Gasteiger partial charge in [0.05, 0.1) is 5.69 Å². The van der Waals surface area contributed by atoms with Crippen LogP contribution in [0, 0.1) is 5.82 Å². The molecule has 18 heavy (non-hydrogen) atoms. The van der Waals surface area contributed by atoms with Crippen molar-refractivity contribution in [2.24, 2.45) is 7.05 Å². The fourth-order valence-corrected chi connectivity index (χ4v) is 2.01. The molecule has 0 saturated heterocycles. The third kappa shape index (κ3) is 2.10. The topological polar surface area (TPSA) is 43.8 Å². The summed E-state index contributed by atoms with van der Waals surface area (Å²) in [6.45, 7) is 4.23. The summed E-state index contributed by atoms with van der Waals surface area (Å²) in [5.41, 5.74) is 8.89. The van der Waals surface area contributed by atoms with Gasteiger partial charge in [0.2, 0.25) is 0 Å². The Morgan fingerprint density at radius 2 is 1.94 bits per heavy atom. The van der Waals surface area contributed by atoms with Crippen LogP contribution in [0.2, 0.25) is 0 Å². The van der Waals surface area contributed by atoms with Crippen molar-refractivity contribution in [3.05, 3.63) is 35.8 Å². The minimum Gasteiger partial charge on any atom is -0.383 e. The first-order valence-electron chi connectivity index (χ1n) is 6.12. The zero-order valence-corrected chi connectivity index (χ0v) is 10.9. The monoisotopic (exact) mass is 247 g/mol. The van der Waals surface area contributed by atoms with Crippen LogP contribution in [0.1, 0.15) is 31.9 Å². The maximum Gasteiger partial charge on any atom is 0.129 e. The molecular weight excluding hydrogens is 229 g/mol. The van der Waals surface area contributed by atoms with Crippen molar-refractivity contribution < 1.29 is 4.39 Å². The van der Waals surface area contributed by atoms with Gasteiger partial charge >= 0.3 is 0 Å². The average molecular weight is 247 g/mol. The van der Waals surface area contributed by atoms with Gasteiger partial charge in [-0.15, -0.1) is 0 Å². The van der Waals surface area contributed by atoms with Crippen molar-refractivity contribution in [1.82, 2.24) is 9.78 Å². The van der Waals surface area contributed by atoms with Crippen molar-refractivity contribution in [2.75, 3.05) is 5.73 Å². The van der Waals surface area contributed by atoms with E-state index < -0.39 is 0 Å². The number of halogens is 1. The van der Waals surface area contributed by atoms with Gasteiger partial charge in [-0.25, -0.2) is 4.39 Å². The molecule has 0 saturated carbocycles. The maximum absolute atomic E-state index is 13.0. The van der Waals surface area contributed by atoms with Crippen molar-refractivity contribution >= 4 is 5.82 Å². The molecule has 96 valence electrons. The second-order valence-corrected chi connectivity index (χ2v) is 4.59. The fourth-order valence-electron chi connectivity index (χ4n) is 2.01. The highest BCUT2D eigenvalue weighted by Crippen LogP contribution is 2.34. The predicted octanol–water partition coefficient (Wildman–Crippen LogP) is 3.32. The number of aryl methyl sites for hydroxylation is 1. The Balaban J connectivity index is 2.58. The number of hydrogen-bond donors (Lipinski definition) is 1. The quantitative estimate of drug-likeness (QED) is 0.904. The molecule has 0 aliphatic heterocycles. The van der Waals surface area contributed by atoms with Crippen LogP contribution >= 0.6 is 0 Å². The van der Waals surface area contributed by atoms with Crippen molar-refractivity contribution in [3.8, 4) is 11.1 Å². The summed E-state index contributed by atoms with van der Waals surface area (Å²) in [5.74, 6) is 0.705. The molecule has 1 aromatic carbocycles. The van der Waals surface area contributed by atoms with E-state index in [0.29, 0.717) is 11.7 Å². The second-order valence-electron chi connectivity index (χ2n) is 4.59. The van der Waals surface area contributed by atoms with Gasteiger partial charge in [0.15, 0.2) is 0 Å². The lowest BCUT2D eigenvalue weighted by atomic mass is 9.96. The molecule has 1 unspecified atom stereocenters. The molecule has 4 heteroatoms. The third-order valence-corrected chi connectivity index (χ3v) is 3.33. The molecule has 0 amide bonds. The Morgan fingerprint density at radius 3 is 2.50 bits per heavy atom. The Kier molecular flexibility index (Phi) is 3.36. The second kappa shape index (κ2) is 4.80. The summed E-state index contributed by atoms with van der Waals surface area (Å²) >= 11 is 0. The lowest BCUT2D eigenvalue weighted by Crippen LogP contribution is -1.98. The molecule has 2 aromatic rings. The number of hydrogen-bond acceptors (Lipinski definition) is 2. The summed E-state index contributed by atoms with van der Waals surface area (Å²) in [6, 6.07) is 6.38. The van der Waals surface area contributed by atoms with Gasteiger partial charge in [0.25, 0.3) is 0 Å². The van der Waals surface area contributed by atoms with E-state index in [1.165, 1.54) is 12.1 Å². The molecule has 0 bridgehead atoms. The fraction of sp³-hybridized carbons (Fsp3) is 0.357. The van der Waals surface area contributed by atoms with Gasteiger partial charge in [-0.05, 0) is 24.1 Å². The molecule has 0 radical (unpaired) electrons. The Hall–Kier alpha value is -1.84. The van der Waals surface area contributed by atoms with Crippen LogP contribution in [0.25, 0.3) is 11.1 Å². The molecule has 2 N–H and O–H groups in total. The normalized spacial score (nSPS) is 12.7. The van der Waals surface area contributed by atoms with Crippen molar-refractivity contribution in [2.45, 2.75) is 26.2 Å². The van der Waals surface area contributed by atoms with Gasteiger partial charge in [-0.1, -0.05) is 26.0 Å². The Bertz CT molecular complexity index is 543. The number of rotatable bonds is 3. The highest BCUT2D eigenvalue weighted by molar-refractivity contribution is 5.77. The van der Waals surface area contributed by atoms with E-state index in [1.54, 1.807) is 16.8 Å². The Morgan fingerprint density at radius 1 is 1.33 bits per heavy atom. The van der Waals surface area contributed by atoms with Crippen LogP contribution in [0.4, 0.5) is 10.2 Å². The summed E-state index contributed by atoms with van der Waals surface area (Å²) in [5, 5.41) is 4.48. The van der Waals surface area contributed by atoms with E-state index >= 15 is 0 Å². The highest BCUT2D eigenvalue weighted by Gasteiger charge is 2.19. The number of benzene rings is 1. The summed E-state index contributed by atoms with van der Waals surface area (Å²) in [4.78, 5) is 0. The Labute approximate surface area is 106 Å². The van der Waals surface area contributed by atoms with E-state index in [0.717, 1.165) is 23.2 Å². The molecule has 1 heterocycles. The lowest BCUT2D eigenvalue weighted by molar-refractivity contribution is 0.628. The maximum atomic E-state index is 13.0. The molecule has 0 aliphatic rings. The van der Waals surface area contributed by atoms with Crippen LogP contribution in [-0.2, 0) is 7.05 Å². The summed E-state index contributed by atoms with van der Waals surface area (Å²) < 4.78 is 14.7. The van der Waals surface area contributed by atoms with Gasteiger partial charge in [0, 0.05) is 18.5 Å². The largest absolute Gasteiger partial charge is 0.383 e. The first-order valence-corrected chi connectivity index (χ1v) is 6.12. The van der Waals surface area contributed by atoms with Crippen LogP contribution in [-0.4, -0.2) is 9.78 Å². The first-order chi connectivity index (χ1) is 8.54. The van der Waals surface area contributed by atoms with Crippen molar-refractivity contribution in [1.29, 1.82) is 0 Å². The zero-order valence-electron chi connectivity index (χ0n) is 10.9. The number of anilines is 1. The van der Waals surface area contributed by atoms with Crippen LogP contribution < -0.4 is 5.73 Å². The van der Waals surface area contributed by atoms with E-state index in [-0.39, 0.29) is 5.82 Å². The standard InChI is InChI=1S/C14H18FN3/c1-4-9(2)13-12(14(16)18(3)17-13)10-5-7-11(15)8-6-10/h5-9H,4,16H2,1-3H3. The number of nitrogen functional groups attached to an aromatic ring is 1. The van der Waals surface area contributed by atoms with E-state index in [4.69, 9.17) is 5.73 Å². The third-order valence-electron chi connectivity index (χ3n) is 3.33. The summed E-state index contributed by atoms with van der Waals surface area (Å²) in [7, 11) is 1.83. The molecule has 1 atom stereocenters.